The topological polar surface area (TPSA) is 56.0 Å². The van der Waals surface area contributed by atoms with Crippen molar-refractivity contribution in [2.45, 2.75) is 6.18 Å². The minimum atomic E-state index is -4.72. The van der Waals surface area contributed by atoms with Crippen LogP contribution in [0.25, 0.3) is 0 Å². The highest BCUT2D eigenvalue weighted by atomic mass is 35.5. The van der Waals surface area contributed by atoms with Gasteiger partial charge in [-0.2, -0.15) is 13.2 Å². The molecule has 1 amide bonds. The SMILES string of the molecule is NC(=O)c1cncc(Cl)c1C(F)(F)F. The van der Waals surface area contributed by atoms with Gasteiger partial charge in [0.1, 0.15) is 0 Å². The number of amides is 1. The number of primary amides is 1. The Balaban J connectivity index is 3.45. The molecule has 0 spiro atoms. The van der Waals surface area contributed by atoms with Crippen LogP contribution in [0.4, 0.5) is 13.2 Å². The van der Waals surface area contributed by atoms with Crippen LogP contribution in [0.1, 0.15) is 15.9 Å². The van der Waals surface area contributed by atoms with Crippen molar-refractivity contribution in [3.8, 4) is 0 Å². The lowest BCUT2D eigenvalue weighted by molar-refractivity contribution is -0.137. The molecule has 2 N–H and O–H groups in total. The van der Waals surface area contributed by atoms with Crippen LogP contribution >= 0.6 is 11.6 Å². The van der Waals surface area contributed by atoms with Gasteiger partial charge >= 0.3 is 6.18 Å². The lowest BCUT2D eigenvalue weighted by Gasteiger charge is -2.11. The number of hydrogen-bond acceptors (Lipinski definition) is 2. The Bertz CT molecular complexity index is 378. The third kappa shape index (κ3) is 1.95. The van der Waals surface area contributed by atoms with E-state index in [9.17, 15) is 18.0 Å². The first-order valence-electron chi connectivity index (χ1n) is 3.34. The van der Waals surface area contributed by atoms with Crippen LogP contribution < -0.4 is 5.73 Å². The molecular formula is C7H4ClF3N2O. The number of hydrogen-bond donors (Lipinski definition) is 1. The molecule has 0 saturated heterocycles. The molecule has 0 saturated carbocycles. The quantitative estimate of drug-likeness (QED) is 0.792. The molecule has 7 heteroatoms. The third-order valence-electron chi connectivity index (χ3n) is 1.45. The van der Waals surface area contributed by atoms with Crippen molar-refractivity contribution in [1.29, 1.82) is 0 Å². The summed E-state index contributed by atoms with van der Waals surface area (Å²) >= 11 is 5.27. The fraction of sp³-hybridized carbons (Fsp3) is 0.143. The van der Waals surface area contributed by atoms with Gasteiger partial charge in [-0.25, -0.2) is 0 Å². The summed E-state index contributed by atoms with van der Waals surface area (Å²) in [6.45, 7) is 0. The number of carbonyl (C=O) groups is 1. The number of halogens is 4. The van der Waals surface area contributed by atoms with Crippen LogP contribution in [-0.4, -0.2) is 10.9 Å². The van der Waals surface area contributed by atoms with E-state index in [-0.39, 0.29) is 0 Å². The molecule has 1 rings (SSSR count). The molecule has 0 aromatic carbocycles. The average molecular weight is 225 g/mol. The fourth-order valence-corrected chi connectivity index (χ4v) is 1.18. The molecule has 0 aliphatic carbocycles. The Hall–Kier alpha value is -1.30. The minimum Gasteiger partial charge on any atom is -0.366 e. The number of pyridine rings is 1. The first-order valence-corrected chi connectivity index (χ1v) is 3.72. The molecule has 0 radical (unpaired) electrons. The molecule has 0 aliphatic heterocycles. The average Bonchev–Trinajstić information content (AvgIpc) is 2.01. The largest absolute Gasteiger partial charge is 0.418 e. The van der Waals surface area contributed by atoms with Crippen LogP contribution in [0.15, 0.2) is 12.4 Å². The Morgan fingerprint density at radius 1 is 1.43 bits per heavy atom. The van der Waals surface area contributed by atoms with Gasteiger partial charge in [-0.3, -0.25) is 9.78 Å². The van der Waals surface area contributed by atoms with E-state index in [1.165, 1.54) is 0 Å². The smallest absolute Gasteiger partial charge is 0.366 e. The van der Waals surface area contributed by atoms with Crippen LogP contribution in [0.2, 0.25) is 5.02 Å². The summed E-state index contributed by atoms with van der Waals surface area (Å²) in [5.41, 5.74) is 2.76. The zero-order valence-corrected chi connectivity index (χ0v) is 7.36. The molecule has 0 aliphatic rings. The van der Waals surface area contributed by atoms with E-state index in [4.69, 9.17) is 17.3 Å². The van der Waals surface area contributed by atoms with Crippen molar-refractivity contribution in [3.63, 3.8) is 0 Å². The zero-order chi connectivity index (χ0) is 10.9. The van der Waals surface area contributed by atoms with Gasteiger partial charge in [0.05, 0.1) is 16.1 Å². The molecule has 1 aromatic rings. The van der Waals surface area contributed by atoms with Crippen molar-refractivity contribution in [2.75, 3.05) is 0 Å². The summed E-state index contributed by atoms with van der Waals surface area (Å²) in [5, 5.41) is -0.645. The summed E-state index contributed by atoms with van der Waals surface area (Å²) < 4.78 is 37.0. The second-order valence-electron chi connectivity index (χ2n) is 2.41. The van der Waals surface area contributed by atoms with E-state index in [1.54, 1.807) is 0 Å². The molecule has 14 heavy (non-hydrogen) atoms. The number of carbonyl (C=O) groups excluding carboxylic acids is 1. The van der Waals surface area contributed by atoms with Crippen molar-refractivity contribution < 1.29 is 18.0 Å². The molecule has 0 fully saturated rings. The van der Waals surface area contributed by atoms with Crippen molar-refractivity contribution >= 4 is 17.5 Å². The van der Waals surface area contributed by atoms with Gasteiger partial charge in [0.25, 0.3) is 5.91 Å². The Morgan fingerprint density at radius 2 is 2.00 bits per heavy atom. The maximum atomic E-state index is 12.3. The highest BCUT2D eigenvalue weighted by molar-refractivity contribution is 6.31. The molecule has 1 heterocycles. The maximum absolute atomic E-state index is 12.3. The Kier molecular flexibility index (Phi) is 2.66. The van der Waals surface area contributed by atoms with Gasteiger partial charge in [-0.1, -0.05) is 11.6 Å². The van der Waals surface area contributed by atoms with Crippen molar-refractivity contribution in [2.24, 2.45) is 5.73 Å². The van der Waals surface area contributed by atoms with Gasteiger partial charge in [-0.05, 0) is 0 Å². The molecule has 0 unspecified atom stereocenters. The number of rotatable bonds is 1. The molecule has 0 bridgehead atoms. The van der Waals surface area contributed by atoms with E-state index in [2.05, 4.69) is 4.98 Å². The van der Waals surface area contributed by atoms with Gasteiger partial charge in [-0.15, -0.1) is 0 Å². The van der Waals surface area contributed by atoms with Crippen LogP contribution in [0.5, 0.6) is 0 Å². The summed E-state index contributed by atoms with van der Waals surface area (Å²) in [7, 11) is 0. The molecule has 0 atom stereocenters. The summed E-state index contributed by atoms with van der Waals surface area (Å²) in [4.78, 5) is 14.0. The van der Waals surface area contributed by atoms with Gasteiger partial charge in [0.2, 0.25) is 0 Å². The van der Waals surface area contributed by atoms with E-state index < -0.39 is 28.2 Å². The third-order valence-corrected chi connectivity index (χ3v) is 1.74. The second-order valence-corrected chi connectivity index (χ2v) is 2.81. The monoisotopic (exact) mass is 224 g/mol. The summed E-state index contributed by atoms with van der Waals surface area (Å²) in [5.74, 6) is -1.22. The second kappa shape index (κ2) is 3.45. The van der Waals surface area contributed by atoms with E-state index in [0.717, 1.165) is 12.4 Å². The summed E-state index contributed by atoms with van der Waals surface area (Å²) in [6, 6.07) is 0. The number of nitrogens with zero attached hydrogens (tertiary/aromatic N) is 1. The lowest BCUT2D eigenvalue weighted by Crippen LogP contribution is -2.19. The zero-order valence-electron chi connectivity index (χ0n) is 6.60. The highest BCUT2D eigenvalue weighted by Crippen LogP contribution is 2.36. The number of aromatic nitrogens is 1. The van der Waals surface area contributed by atoms with Gasteiger partial charge in [0, 0.05) is 12.4 Å². The summed E-state index contributed by atoms with van der Waals surface area (Å²) in [6.07, 6.45) is -3.18. The first kappa shape index (κ1) is 10.8. The predicted molar refractivity (Wildman–Crippen MR) is 42.8 cm³/mol. The number of alkyl halides is 3. The van der Waals surface area contributed by atoms with Crippen molar-refractivity contribution in [1.82, 2.24) is 4.98 Å². The molecular weight excluding hydrogens is 221 g/mol. The first-order chi connectivity index (χ1) is 6.34. The molecule has 76 valence electrons. The Morgan fingerprint density at radius 3 is 2.36 bits per heavy atom. The van der Waals surface area contributed by atoms with Crippen LogP contribution in [0.3, 0.4) is 0 Å². The minimum absolute atomic E-state index is 0.645. The number of nitrogens with two attached hydrogens (primary N) is 1. The fourth-order valence-electron chi connectivity index (χ4n) is 0.910. The van der Waals surface area contributed by atoms with Crippen molar-refractivity contribution in [3.05, 3.63) is 28.5 Å². The van der Waals surface area contributed by atoms with Crippen LogP contribution in [0, 0.1) is 0 Å². The normalized spacial score (nSPS) is 11.4. The standard InChI is InChI=1S/C7H4ClF3N2O/c8-4-2-13-1-3(6(12)14)5(4)7(9,10)11/h1-2H,(H2,12,14). The van der Waals surface area contributed by atoms with E-state index >= 15 is 0 Å². The van der Waals surface area contributed by atoms with Crippen LogP contribution in [-0.2, 0) is 6.18 Å². The van der Waals surface area contributed by atoms with Gasteiger partial charge in [0.15, 0.2) is 0 Å². The Labute approximate surface area is 81.7 Å². The van der Waals surface area contributed by atoms with Gasteiger partial charge < -0.3 is 5.73 Å². The maximum Gasteiger partial charge on any atom is 0.418 e. The highest BCUT2D eigenvalue weighted by Gasteiger charge is 2.37. The predicted octanol–water partition coefficient (Wildman–Crippen LogP) is 1.85. The van der Waals surface area contributed by atoms with E-state index in [1.807, 2.05) is 0 Å². The van der Waals surface area contributed by atoms with E-state index in [0.29, 0.717) is 0 Å². The molecule has 3 nitrogen and oxygen atoms in total. The molecule has 1 aromatic heterocycles. The lowest BCUT2D eigenvalue weighted by atomic mass is 10.1.